The molecule has 3 nitrogen and oxygen atoms in total. The average Bonchev–Trinajstić information content (AvgIpc) is 2.46. The highest BCUT2D eigenvalue weighted by Gasteiger charge is 2.00. The summed E-state index contributed by atoms with van der Waals surface area (Å²) in [5, 5.41) is 3.00. The van der Waals surface area contributed by atoms with Crippen molar-refractivity contribution in [3.63, 3.8) is 0 Å². The molecule has 0 saturated heterocycles. The maximum absolute atomic E-state index is 13.4. The van der Waals surface area contributed by atoms with Crippen molar-refractivity contribution >= 4 is 5.69 Å². The maximum Gasteiger partial charge on any atom is 0.146 e. The lowest BCUT2D eigenvalue weighted by Gasteiger charge is -2.10. The molecule has 0 spiro atoms. The molecule has 0 radical (unpaired) electrons. The van der Waals surface area contributed by atoms with Gasteiger partial charge in [0.05, 0.1) is 12.3 Å². The zero-order valence-corrected chi connectivity index (χ0v) is 11.4. The molecular weight excluding hydrogens is 257 g/mol. The van der Waals surface area contributed by atoms with Crippen LogP contribution >= 0.6 is 0 Å². The minimum Gasteiger partial charge on any atom is -0.492 e. The van der Waals surface area contributed by atoms with E-state index in [2.05, 4.69) is 5.32 Å². The molecule has 1 N–H and O–H groups in total. The second-order valence-electron chi connectivity index (χ2n) is 4.34. The Morgan fingerprint density at radius 2 is 1.95 bits per heavy atom. The van der Waals surface area contributed by atoms with Gasteiger partial charge in [-0.15, -0.1) is 0 Å². The van der Waals surface area contributed by atoms with E-state index in [0.717, 1.165) is 11.3 Å². The van der Waals surface area contributed by atoms with Crippen LogP contribution in [0.4, 0.5) is 10.1 Å². The standard InChI is InChI=1S/C16H18FNO2/c1-19-12-13-5-4-6-14(11-13)20-10-9-18-16-8-3-2-7-15(16)17/h2-8,11,18H,9-10,12H2,1H3. The van der Waals surface area contributed by atoms with Gasteiger partial charge in [0.25, 0.3) is 0 Å². The maximum atomic E-state index is 13.4. The summed E-state index contributed by atoms with van der Waals surface area (Å²) in [6, 6.07) is 14.3. The van der Waals surface area contributed by atoms with Crippen molar-refractivity contribution in [2.45, 2.75) is 6.61 Å². The summed E-state index contributed by atoms with van der Waals surface area (Å²) >= 11 is 0. The zero-order chi connectivity index (χ0) is 14.2. The van der Waals surface area contributed by atoms with Crippen molar-refractivity contribution in [3.05, 3.63) is 59.9 Å². The third-order valence-electron chi connectivity index (χ3n) is 2.77. The van der Waals surface area contributed by atoms with Gasteiger partial charge in [-0.05, 0) is 29.8 Å². The predicted octanol–water partition coefficient (Wildman–Crippen LogP) is 3.46. The highest BCUT2D eigenvalue weighted by molar-refractivity contribution is 5.44. The number of halogens is 1. The Balaban J connectivity index is 1.78. The molecule has 0 aliphatic heterocycles. The van der Waals surface area contributed by atoms with Crippen LogP contribution in [0.1, 0.15) is 5.56 Å². The van der Waals surface area contributed by atoms with Crippen molar-refractivity contribution < 1.29 is 13.9 Å². The Morgan fingerprint density at radius 1 is 1.10 bits per heavy atom. The monoisotopic (exact) mass is 275 g/mol. The Morgan fingerprint density at radius 3 is 2.75 bits per heavy atom. The first-order chi connectivity index (χ1) is 9.79. The third-order valence-corrected chi connectivity index (χ3v) is 2.77. The highest BCUT2D eigenvalue weighted by atomic mass is 19.1. The van der Waals surface area contributed by atoms with Gasteiger partial charge in [-0.3, -0.25) is 0 Å². The molecule has 4 heteroatoms. The third kappa shape index (κ3) is 4.24. The summed E-state index contributed by atoms with van der Waals surface area (Å²) in [6.07, 6.45) is 0. The number of rotatable bonds is 7. The van der Waals surface area contributed by atoms with E-state index in [1.807, 2.05) is 24.3 Å². The Hall–Kier alpha value is -2.07. The number of ether oxygens (including phenoxy) is 2. The van der Waals surface area contributed by atoms with E-state index in [4.69, 9.17) is 9.47 Å². The van der Waals surface area contributed by atoms with E-state index in [9.17, 15) is 4.39 Å². The quantitative estimate of drug-likeness (QED) is 0.785. The van der Waals surface area contributed by atoms with Crippen LogP contribution in [-0.4, -0.2) is 20.3 Å². The van der Waals surface area contributed by atoms with Gasteiger partial charge >= 0.3 is 0 Å². The van der Waals surface area contributed by atoms with E-state index in [1.165, 1.54) is 6.07 Å². The summed E-state index contributed by atoms with van der Waals surface area (Å²) in [4.78, 5) is 0. The number of nitrogens with one attached hydrogen (secondary N) is 1. The second-order valence-corrected chi connectivity index (χ2v) is 4.34. The molecular formula is C16H18FNO2. The molecule has 2 aromatic carbocycles. The summed E-state index contributed by atoms with van der Waals surface area (Å²) in [5.41, 5.74) is 1.55. The summed E-state index contributed by atoms with van der Waals surface area (Å²) in [7, 11) is 1.66. The van der Waals surface area contributed by atoms with Gasteiger partial charge in [0, 0.05) is 13.7 Å². The fourth-order valence-corrected chi connectivity index (χ4v) is 1.85. The topological polar surface area (TPSA) is 30.5 Å². The van der Waals surface area contributed by atoms with Crippen LogP contribution in [0.5, 0.6) is 5.75 Å². The van der Waals surface area contributed by atoms with Gasteiger partial charge in [0.15, 0.2) is 0 Å². The average molecular weight is 275 g/mol. The highest BCUT2D eigenvalue weighted by Crippen LogP contribution is 2.14. The molecule has 0 aromatic heterocycles. The molecule has 0 saturated carbocycles. The van der Waals surface area contributed by atoms with Crippen LogP contribution in [0.15, 0.2) is 48.5 Å². The molecule has 20 heavy (non-hydrogen) atoms. The summed E-state index contributed by atoms with van der Waals surface area (Å²) in [5.74, 6) is 0.532. The first-order valence-corrected chi connectivity index (χ1v) is 6.48. The van der Waals surface area contributed by atoms with E-state index in [-0.39, 0.29) is 5.82 Å². The normalized spacial score (nSPS) is 10.3. The van der Waals surface area contributed by atoms with Gasteiger partial charge in [0.2, 0.25) is 0 Å². The predicted molar refractivity (Wildman–Crippen MR) is 77.5 cm³/mol. The molecule has 2 aromatic rings. The minimum atomic E-state index is -0.255. The number of benzene rings is 2. The molecule has 0 heterocycles. The lowest BCUT2D eigenvalue weighted by Crippen LogP contribution is -2.12. The number of methoxy groups -OCH3 is 1. The van der Waals surface area contributed by atoms with Crippen molar-refractivity contribution in [3.8, 4) is 5.75 Å². The van der Waals surface area contributed by atoms with Crippen LogP contribution in [0, 0.1) is 5.82 Å². The van der Waals surface area contributed by atoms with Crippen LogP contribution in [0.2, 0.25) is 0 Å². The van der Waals surface area contributed by atoms with Gasteiger partial charge in [-0.1, -0.05) is 24.3 Å². The summed E-state index contributed by atoms with van der Waals surface area (Å²) < 4.78 is 24.0. The fourth-order valence-electron chi connectivity index (χ4n) is 1.85. The van der Waals surface area contributed by atoms with Crippen LogP contribution in [0.25, 0.3) is 0 Å². The zero-order valence-electron chi connectivity index (χ0n) is 11.4. The lowest BCUT2D eigenvalue weighted by atomic mass is 10.2. The van der Waals surface area contributed by atoms with Gasteiger partial charge in [0.1, 0.15) is 18.2 Å². The van der Waals surface area contributed by atoms with Crippen molar-refractivity contribution in [2.24, 2.45) is 0 Å². The van der Waals surface area contributed by atoms with E-state index >= 15 is 0 Å². The number of para-hydroxylation sites is 1. The molecule has 0 atom stereocenters. The largest absolute Gasteiger partial charge is 0.492 e. The number of hydrogen-bond donors (Lipinski definition) is 1. The van der Waals surface area contributed by atoms with Crippen LogP contribution in [0.3, 0.4) is 0 Å². The van der Waals surface area contributed by atoms with Crippen LogP contribution in [-0.2, 0) is 11.3 Å². The number of hydrogen-bond acceptors (Lipinski definition) is 3. The molecule has 0 fully saturated rings. The Labute approximate surface area is 118 Å². The molecule has 0 amide bonds. The number of anilines is 1. The molecule has 0 unspecified atom stereocenters. The SMILES string of the molecule is COCc1cccc(OCCNc2ccccc2F)c1. The Kier molecular flexibility index (Phi) is 5.38. The first-order valence-electron chi connectivity index (χ1n) is 6.48. The second kappa shape index (κ2) is 7.50. The van der Waals surface area contributed by atoms with Crippen molar-refractivity contribution in [1.82, 2.24) is 0 Å². The summed E-state index contributed by atoms with van der Waals surface area (Å²) in [6.45, 7) is 1.56. The van der Waals surface area contributed by atoms with Gasteiger partial charge < -0.3 is 14.8 Å². The van der Waals surface area contributed by atoms with Gasteiger partial charge in [-0.2, -0.15) is 0 Å². The van der Waals surface area contributed by atoms with Crippen molar-refractivity contribution in [2.75, 3.05) is 25.6 Å². The molecule has 2 rings (SSSR count). The van der Waals surface area contributed by atoms with E-state index in [1.54, 1.807) is 25.3 Å². The molecule has 0 aliphatic rings. The van der Waals surface area contributed by atoms with E-state index < -0.39 is 0 Å². The fraction of sp³-hybridized carbons (Fsp3) is 0.250. The molecule has 106 valence electrons. The first kappa shape index (κ1) is 14.3. The molecule has 0 aliphatic carbocycles. The Bertz CT molecular complexity index is 546. The minimum absolute atomic E-state index is 0.255. The van der Waals surface area contributed by atoms with Gasteiger partial charge in [-0.25, -0.2) is 4.39 Å². The van der Waals surface area contributed by atoms with Crippen molar-refractivity contribution in [1.29, 1.82) is 0 Å². The lowest BCUT2D eigenvalue weighted by molar-refractivity contribution is 0.184. The molecule has 0 bridgehead atoms. The smallest absolute Gasteiger partial charge is 0.146 e. The van der Waals surface area contributed by atoms with E-state index in [0.29, 0.717) is 25.4 Å². The van der Waals surface area contributed by atoms with Crippen LogP contribution < -0.4 is 10.1 Å².